The molecule has 2 rings (SSSR count). The zero-order chi connectivity index (χ0) is 11.6. The number of ether oxygens (including phenoxy) is 1. The molecular weight excluding hydrogens is 200 g/mol. The van der Waals surface area contributed by atoms with Gasteiger partial charge in [-0.05, 0) is 38.0 Å². The van der Waals surface area contributed by atoms with E-state index in [-0.39, 0.29) is 5.60 Å². The lowest BCUT2D eigenvalue weighted by Gasteiger charge is -2.29. The van der Waals surface area contributed by atoms with Crippen LogP contribution in [0.3, 0.4) is 0 Å². The van der Waals surface area contributed by atoms with E-state index in [4.69, 9.17) is 9.84 Å². The summed E-state index contributed by atoms with van der Waals surface area (Å²) in [6, 6.07) is 0. The third-order valence-corrected chi connectivity index (χ3v) is 4.57. The minimum absolute atomic E-state index is 0.257. The van der Waals surface area contributed by atoms with E-state index in [2.05, 4.69) is 13.8 Å². The van der Waals surface area contributed by atoms with Crippen LogP contribution in [-0.2, 0) is 4.74 Å². The number of aliphatic hydroxyl groups excluding tert-OH is 1. The van der Waals surface area contributed by atoms with Gasteiger partial charge in [0.1, 0.15) is 0 Å². The molecule has 2 heteroatoms. The third-order valence-electron chi connectivity index (χ3n) is 4.57. The van der Waals surface area contributed by atoms with Crippen molar-refractivity contribution < 1.29 is 9.84 Å². The lowest BCUT2D eigenvalue weighted by Crippen LogP contribution is -2.28. The summed E-state index contributed by atoms with van der Waals surface area (Å²) < 4.78 is 5.78. The predicted octanol–water partition coefficient (Wildman–Crippen LogP) is 3.13. The van der Waals surface area contributed by atoms with Crippen LogP contribution in [0.2, 0.25) is 0 Å². The Bertz CT molecular complexity index is 229. The number of epoxide rings is 1. The summed E-state index contributed by atoms with van der Waals surface area (Å²) in [4.78, 5) is 0. The topological polar surface area (TPSA) is 32.8 Å². The third kappa shape index (κ3) is 2.78. The van der Waals surface area contributed by atoms with E-state index in [0.717, 1.165) is 18.3 Å². The quantitative estimate of drug-likeness (QED) is 0.557. The van der Waals surface area contributed by atoms with Crippen molar-refractivity contribution in [1.29, 1.82) is 0 Å². The van der Waals surface area contributed by atoms with Crippen LogP contribution in [0.15, 0.2) is 0 Å². The van der Waals surface area contributed by atoms with E-state index >= 15 is 0 Å². The molecular formula is C14H26O2. The van der Waals surface area contributed by atoms with Gasteiger partial charge in [-0.3, -0.25) is 0 Å². The van der Waals surface area contributed by atoms with Gasteiger partial charge in [-0.15, -0.1) is 0 Å². The van der Waals surface area contributed by atoms with Gasteiger partial charge in [0.15, 0.2) is 0 Å². The first-order chi connectivity index (χ1) is 7.65. The van der Waals surface area contributed by atoms with Crippen molar-refractivity contribution in [3.8, 4) is 0 Å². The maximum absolute atomic E-state index is 8.71. The first kappa shape index (κ1) is 12.4. The van der Waals surface area contributed by atoms with E-state index in [0.29, 0.717) is 12.7 Å². The second-order valence-corrected chi connectivity index (χ2v) is 6.02. The molecule has 1 N–H and O–H groups in total. The lowest BCUT2D eigenvalue weighted by molar-refractivity contribution is 0.224. The number of fused-ring (bicyclic) bond motifs is 1. The molecule has 1 saturated carbocycles. The molecule has 0 aromatic heterocycles. The zero-order valence-corrected chi connectivity index (χ0v) is 10.7. The molecule has 2 fully saturated rings. The van der Waals surface area contributed by atoms with Gasteiger partial charge in [-0.25, -0.2) is 0 Å². The molecule has 0 spiro atoms. The summed E-state index contributed by atoms with van der Waals surface area (Å²) in [7, 11) is 0. The second kappa shape index (κ2) is 5.05. The highest BCUT2D eigenvalue weighted by atomic mass is 16.6. The highest BCUT2D eigenvalue weighted by Crippen LogP contribution is 2.52. The SMILES string of the molecule is CC1CC2(C)OC2CC1CCCCCCO. The minimum atomic E-state index is 0.257. The van der Waals surface area contributed by atoms with Gasteiger partial charge >= 0.3 is 0 Å². The zero-order valence-electron chi connectivity index (χ0n) is 10.7. The van der Waals surface area contributed by atoms with Crippen LogP contribution in [-0.4, -0.2) is 23.4 Å². The molecule has 1 aliphatic heterocycles. The molecule has 4 unspecified atom stereocenters. The highest BCUT2D eigenvalue weighted by molar-refractivity contribution is 5.05. The molecule has 1 saturated heterocycles. The first-order valence-corrected chi connectivity index (χ1v) is 6.94. The predicted molar refractivity (Wildman–Crippen MR) is 65.3 cm³/mol. The number of aliphatic hydroxyl groups is 1. The van der Waals surface area contributed by atoms with E-state index in [1.807, 2.05) is 0 Å². The fourth-order valence-corrected chi connectivity index (χ4v) is 3.36. The highest BCUT2D eigenvalue weighted by Gasteiger charge is 2.56. The normalized spacial score (nSPS) is 41.8. The Balaban J connectivity index is 1.63. The Hall–Kier alpha value is -0.0800. The van der Waals surface area contributed by atoms with Crippen LogP contribution in [0, 0.1) is 11.8 Å². The summed E-state index contributed by atoms with van der Waals surface area (Å²) in [5, 5.41) is 8.71. The Morgan fingerprint density at radius 1 is 1.25 bits per heavy atom. The summed E-state index contributed by atoms with van der Waals surface area (Å²) in [6.07, 6.45) is 9.27. The van der Waals surface area contributed by atoms with Gasteiger partial charge in [0.05, 0.1) is 11.7 Å². The summed E-state index contributed by atoms with van der Waals surface area (Å²) in [5.74, 6) is 1.72. The Kier molecular flexibility index (Phi) is 3.91. The monoisotopic (exact) mass is 226 g/mol. The van der Waals surface area contributed by atoms with Crippen LogP contribution in [0.4, 0.5) is 0 Å². The molecule has 1 aliphatic carbocycles. The molecule has 0 aromatic rings. The maximum Gasteiger partial charge on any atom is 0.0923 e. The number of rotatable bonds is 6. The number of hydrogen-bond donors (Lipinski definition) is 1. The molecule has 0 amide bonds. The molecule has 0 aromatic carbocycles. The minimum Gasteiger partial charge on any atom is -0.396 e. The van der Waals surface area contributed by atoms with Crippen LogP contribution in [0.25, 0.3) is 0 Å². The van der Waals surface area contributed by atoms with Gasteiger partial charge in [0, 0.05) is 6.61 Å². The average Bonchev–Trinajstić information content (AvgIpc) is 2.88. The van der Waals surface area contributed by atoms with Crippen LogP contribution in [0.5, 0.6) is 0 Å². The van der Waals surface area contributed by atoms with E-state index in [1.54, 1.807) is 0 Å². The van der Waals surface area contributed by atoms with Crippen LogP contribution < -0.4 is 0 Å². The summed E-state index contributed by atoms with van der Waals surface area (Å²) in [5.41, 5.74) is 0.257. The molecule has 2 nitrogen and oxygen atoms in total. The first-order valence-electron chi connectivity index (χ1n) is 6.94. The van der Waals surface area contributed by atoms with Crippen molar-refractivity contribution in [2.75, 3.05) is 6.61 Å². The van der Waals surface area contributed by atoms with E-state index in [1.165, 1.54) is 38.5 Å². The molecule has 94 valence electrons. The standard InChI is InChI=1S/C14H26O2/c1-11-10-14(2)13(16-14)9-12(11)7-5-3-4-6-8-15/h11-13,15H,3-10H2,1-2H3. The van der Waals surface area contributed by atoms with Gasteiger partial charge < -0.3 is 9.84 Å². The van der Waals surface area contributed by atoms with Crippen molar-refractivity contribution >= 4 is 0 Å². The van der Waals surface area contributed by atoms with Gasteiger partial charge in [-0.1, -0.05) is 32.6 Å². The molecule has 0 bridgehead atoms. The largest absolute Gasteiger partial charge is 0.396 e. The van der Waals surface area contributed by atoms with Gasteiger partial charge in [0.2, 0.25) is 0 Å². The second-order valence-electron chi connectivity index (χ2n) is 6.02. The molecule has 1 heterocycles. The average molecular weight is 226 g/mol. The van der Waals surface area contributed by atoms with Crippen molar-refractivity contribution in [2.24, 2.45) is 11.8 Å². The lowest BCUT2D eigenvalue weighted by atomic mass is 9.73. The van der Waals surface area contributed by atoms with Gasteiger partial charge in [-0.2, -0.15) is 0 Å². The number of hydrogen-bond acceptors (Lipinski definition) is 2. The van der Waals surface area contributed by atoms with Crippen molar-refractivity contribution in [1.82, 2.24) is 0 Å². The fraction of sp³-hybridized carbons (Fsp3) is 1.00. The Morgan fingerprint density at radius 3 is 2.75 bits per heavy atom. The van der Waals surface area contributed by atoms with Crippen LogP contribution >= 0.6 is 0 Å². The van der Waals surface area contributed by atoms with Crippen molar-refractivity contribution in [3.05, 3.63) is 0 Å². The Morgan fingerprint density at radius 2 is 2.00 bits per heavy atom. The van der Waals surface area contributed by atoms with Crippen LogP contribution in [0.1, 0.15) is 58.8 Å². The van der Waals surface area contributed by atoms with Crippen molar-refractivity contribution in [2.45, 2.75) is 70.5 Å². The molecule has 2 aliphatic rings. The molecule has 16 heavy (non-hydrogen) atoms. The fourth-order valence-electron chi connectivity index (χ4n) is 3.36. The molecule has 4 atom stereocenters. The van der Waals surface area contributed by atoms with E-state index in [9.17, 15) is 0 Å². The summed E-state index contributed by atoms with van der Waals surface area (Å²) in [6.45, 7) is 5.02. The molecule has 0 radical (unpaired) electrons. The van der Waals surface area contributed by atoms with Gasteiger partial charge in [0.25, 0.3) is 0 Å². The van der Waals surface area contributed by atoms with Crippen molar-refractivity contribution in [3.63, 3.8) is 0 Å². The maximum atomic E-state index is 8.71. The summed E-state index contributed by atoms with van der Waals surface area (Å²) >= 11 is 0. The smallest absolute Gasteiger partial charge is 0.0923 e. The number of unbranched alkanes of at least 4 members (excludes halogenated alkanes) is 3. The Labute approximate surface area is 99.4 Å². The van der Waals surface area contributed by atoms with E-state index < -0.39 is 0 Å².